The second-order valence-corrected chi connectivity index (χ2v) is 5.92. The first-order valence-corrected chi connectivity index (χ1v) is 8.18. The molecule has 0 atom stereocenters. The Balaban J connectivity index is 1.82. The summed E-state index contributed by atoms with van der Waals surface area (Å²) in [4.78, 5) is 22.4. The molecule has 1 aliphatic carbocycles. The van der Waals surface area contributed by atoms with Gasteiger partial charge in [-0.2, -0.15) is 0 Å². The summed E-state index contributed by atoms with van der Waals surface area (Å²) in [5, 5.41) is 3.45. The summed E-state index contributed by atoms with van der Waals surface area (Å²) in [6, 6.07) is 5.52. The average molecular weight is 338 g/mol. The molecule has 0 aromatic carbocycles. The number of carbonyl (C=O) groups is 1. The fraction of sp³-hybridized carbons (Fsp3) is 0.278. The van der Waals surface area contributed by atoms with Gasteiger partial charge < -0.3 is 19.8 Å². The van der Waals surface area contributed by atoms with Crippen molar-refractivity contribution in [2.24, 2.45) is 0 Å². The third kappa shape index (κ3) is 2.77. The highest BCUT2D eigenvalue weighted by Gasteiger charge is 2.24. The van der Waals surface area contributed by atoms with E-state index in [4.69, 9.17) is 9.47 Å². The van der Waals surface area contributed by atoms with Crippen molar-refractivity contribution in [3.8, 4) is 22.8 Å². The highest BCUT2D eigenvalue weighted by atomic mass is 16.5. The Morgan fingerprint density at radius 1 is 1.32 bits per heavy atom. The van der Waals surface area contributed by atoms with Crippen LogP contribution in [-0.2, 0) is 4.79 Å². The predicted octanol–water partition coefficient (Wildman–Crippen LogP) is 3.13. The predicted molar refractivity (Wildman–Crippen MR) is 93.8 cm³/mol. The number of anilines is 1. The summed E-state index contributed by atoms with van der Waals surface area (Å²) in [6.45, 7) is 0. The third-order valence-corrected chi connectivity index (χ3v) is 4.43. The molecule has 0 radical (unpaired) electrons. The van der Waals surface area contributed by atoms with Gasteiger partial charge in [0.25, 0.3) is 0 Å². The maximum atomic E-state index is 10.6. The van der Waals surface area contributed by atoms with Crippen molar-refractivity contribution in [1.82, 2.24) is 15.0 Å². The first-order valence-electron chi connectivity index (χ1n) is 8.18. The lowest BCUT2D eigenvalue weighted by Gasteiger charge is -2.27. The molecule has 0 saturated heterocycles. The van der Waals surface area contributed by atoms with Gasteiger partial charge in [-0.15, -0.1) is 0 Å². The standard InChI is InChI=1S/C18H18N4O3/c1-24-18-16(14(7-8-19-18)25-11-3-2-4-11)13-9-20-17-12(13)5-6-15(22-17)21-10-23/h5-11H,2-4H2,1H3,(H2,20,21,22,23). The molecule has 128 valence electrons. The molecule has 0 unspecified atom stereocenters. The zero-order chi connectivity index (χ0) is 17.2. The van der Waals surface area contributed by atoms with Crippen molar-refractivity contribution in [3.05, 3.63) is 30.6 Å². The Labute approximate surface area is 144 Å². The van der Waals surface area contributed by atoms with Gasteiger partial charge >= 0.3 is 0 Å². The van der Waals surface area contributed by atoms with E-state index in [2.05, 4.69) is 20.3 Å². The number of aromatic nitrogens is 3. The lowest BCUT2D eigenvalue weighted by Crippen LogP contribution is -2.24. The number of amides is 1. The number of nitrogens with one attached hydrogen (secondary N) is 2. The van der Waals surface area contributed by atoms with Crippen LogP contribution in [0, 0.1) is 0 Å². The second-order valence-electron chi connectivity index (χ2n) is 5.92. The van der Waals surface area contributed by atoms with Gasteiger partial charge in [0.05, 0.1) is 18.8 Å². The van der Waals surface area contributed by atoms with Crippen LogP contribution < -0.4 is 14.8 Å². The van der Waals surface area contributed by atoms with Gasteiger partial charge in [0.1, 0.15) is 17.2 Å². The molecule has 0 aliphatic heterocycles. The van der Waals surface area contributed by atoms with Crippen molar-refractivity contribution in [1.29, 1.82) is 0 Å². The molecule has 7 nitrogen and oxygen atoms in total. The fourth-order valence-corrected chi connectivity index (χ4v) is 2.95. The largest absolute Gasteiger partial charge is 0.490 e. The van der Waals surface area contributed by atoms with Gasteiger partial charge in [-0.25, -0.2) is 9.97 Å². The zero-order valence-corrected chi connectivity index (χ0v) is 13.8. The second kappa shape index (κ2) is 6.43. The number of nitrogens with zero attached hydrogens (tertiary/aromatic N) is 2. The number of rotatable bonds is 6. The van der Waals surface area contributed by atoms with Crippen molar-refractivity contribution in [2.45, 2.75) is 25.4 Å². The van der Waals surface area contributed by atoms with Gasteiger partial charge in [0.15, 0.2) is 0 Å². The molecule has 25 heavy (non-hydrogen) atoms. The molecule has 1 saturated carbocycles. The van der Waals surface area contributed by atoms with E-state index in [0.29, 0.717) is 23.8 Å². The van der Waals surface area contributed by atoms with Gasteiger partial charge in [0, 0.05) is 23.3 Å². The van der Waals surface area contributed by atoms with Gasteiger partial charge in [-0.05, 0) is 37.5 Å². The normalized spacial score (nSPS) is 14.1. The van der Waals surface area contributed by atoms with Crippen molar-refractivity contribution >= 4 is 23.3 Å². The Morgan fingerprint density at radius 3 is 2.92 bits per heavy atom. The first kappa shape index (κ1) is 15.4. The summed E-state index contributed by atoms with van der Waals surface area (Å²) >= 11 is 0. The molecule has 1 aliphatic rings. The summed E-state index contributed by atoms with van der Waals surface area (Å²) in [6.07, 6.45) is 7.74. The number of hydrogen-bond donors (Lipinski definition) is 2. The summed E-state index contributed by atoms with van der Waals surface area (Å²) in [7, 11) is 1.60. The maximum Gasteiger partial charge on any atom is 0.224 e. The monoisotopic (exact) mass is 338 g/mol. The van der Waals surface area contributed by atoms with Crippen LogP contribution >= 0.6 is 0 Å². The SMILES string of the molecule is COc1nccc(OC2CCC2)c1-c1c[nH]c2nc(NC=O)ccc12. The topological polar surface area (TPSA) is 89.1 Å². The molecule has 1 amide bonds. The Hall–Kier alpha value is -3.09. The average Bonchev–Trinajstić information content (AvgIpc) is 3.01. The van der Waals surface area contributed by atoms with Crippen molar-refractivity contribution < 1.29 is 14.3 Å². The molecule has 7 heteroatoms. The van der Waals surface area contributed by atoms with Crippen LogP contribution in [0.2, 0.25) is 0 Å². The summed E-state index contributed by atoms with van der Waals surface area (Å²) in [5.41, 5.74) is 2.38. The number of hydrogen-bond acceptors (Lipinski definition) is 5. The lowest BCUT2D eigenvalue weighted by atomic mass is 9.96. The van der Waals surface area contributed by atoms with Crippen LogP contribution in [-0.4, -0.2) is 34.6 Å². The maximum absolute atomic E-state index is 10.6. The molecule has 0 spiro atoms. The summed E-state index contributed by atoms with van der Waals surface area (Å²) < 4.78 is 11.6. The Kier molecular flexibility index (Phi) is 3.97. The number of carbonyl (C=O) groups excluding carboxylic acids is 1. The molecule has 1 fully saturated rings. The van der Waals surface area contributed by atoms with E-state index in [0.717, 1.165) is 35.1 Å². The smallest absolute Gasteiger partial charge is 0.224 e. The molecular weight excluding hydrogens is 320 g/mol. The molecular formula is C18H18N4O3. The van der Waals surface area contributed by atoms with Crippen LogP contribution in [0.1, 0.15) is 19.3 Å². The van der Waals surface area contributed by atoms with Crippen molar-refractivity contribution in [3.63, 3.8) is 0 Å². The molecule has 3 heterocycles. The number of methoxy groups -OCH3 is 1. The van der Waals surface area contributed by atoms with E-state index in [9.17, 15) is 4.79 Å². The van der Waals surface area contributed by atoms with Crippen LogP contribution in [0.5, 0.6) is 11.6 Å². The number of H-pyrrole nitrogens is 1. The number of ether oxygens (including phenoxy) is 2. The van der Waals surface area contributed by atoms with Gasteiger partial charge in [-0.1, -0.05) is 0 Å². The van der Waals surface area contributed by atoms with Gasteiger partial charge in [0.2, 0.25) is 12.3 Å². The Bertz CT molecular complexity index is 918. The Morgan fingerprint density at radius 2 is 2.20 bits per heavy atom. The molecule has 2 N–H and O–H groups in total. The van der Waals surface area contributed by atoms with E-state index < -0.39 is 0 Å². The summed E-state index contributed by atoms with van der Waals surface area (Å²) in [5.74, 6) is 1.75. The number of pyridine rings is 2. The van der Waals surface area contributed by atoms with Crippen LogP contribution in [0.4, 0.5) is 5.82 Å². The zero-order valence-electron chi connectivity index (χ0n) is 13.8. The molecule has 3 aromatic heterocycles. The minimum absolute atomic E-state index is 0.248. The quantitative estimate of drug-likeness (QED) is 0.674. The highest BCUT2D eigenvalue weighted by molar-refractivity contribution is 5.97. The fourth-order valence-electron chi connectivity index (χ4n) is 2.95. The van der Waals surface area contributed by atoms with E-state index in [-0.39, 0.29) is 6.10 Å². The molecule has 0 bridgehead atoms. The van der Waals surface area contributed by atoms with Crippen LogP contribution in [0.15, 0.2) is 30.6 Å². The molecule has 4 rings (SSSR count). The minimum atomic E-state index is 0.248. The van der Waals surface area contributed by atoms with Crippen molar-refractivity contribution in [2.75, 3.05) is 12.4 Å². The number of fused-ring (bicyclic) bond motifs is 1. The van der Waals surface area contributed by atoms with Crippen LogP contribution in [0.3, 0.4) is 0 Å². The van der Waals surface area contributed by atoms with Crippen LogP contribution in [0.25, 0.3) is 22.2 Å². The first-order chi connectivity index (χ1) is 12.3. The number of aromatic amines is 1. The van der Waals surface area contributed by atoms with Gasteiger partial charge in [-0.3, -0.25) is 4.79 Å². The third-order valence-electron chi connectivity index (χ3n) is 4.43. The minimum Gasteiger partial charge on any atom is -0.490 e. The van der Waals surface area contributed by atoms with E-state index >= 15 is 0 Å². The van der Waals surface area contributed by atoms with E-state index in [1.54, 1.807) is 19.4 Å². The van der Waals surface area contributed by atoms with E-state index in [1.807, 2.05) is 18.3 Å². The highest BCUT2D eigenvalue weighted by Crippen LogP contribution is 2.41. The lowest BCUT2D eigenvalue weighted by molar-refractivity contribution is -0.105. The van der Waals surface area contributed by atoms with E-state index in [1.165, 1.54) is 6.42 Å². The molecule has 3 aromatic rings.